The van der Waals surface area contributed by atoms with Gasteiger partial charge in [0.1, 0.15) is 6.04 Å². The summed E-state index contributed by atoms with van der Waals surface area (Å²) < 4.78 is 5.25. The molecule has 0 fully saturated rings. The summed E-state index contributed by atoms with van der Waals surface area (Å²) in [6, 6.07) is 9.59. The zero-order valence-corrected chi connectivity index (χ0v) is 14.3. The number of hydrogen-bond acceptors (Lipinski definition) is 4. The van der Waals surface area contributed by atoms with Gasteiger partial charge in [-0.2, -0.15) is 0 Å². The molecular weight excluding hydrogens is 290 g/mol. The minimum absolute atomic E-state index is 0.0472. The van der Waals surface area contributed by atoms with E-state index in [0.717, 1.165) is 29.7 Å². The first kappa shape index (κ1) is 17.2. The quantitative estimate of drug-likeness (QED) is 0.853. The molecule has 2 aromatic rings. The van der Waals surface area contributed by atoms with Crippen LogP contribution in [-0.2, 0) is 17.8 Å². The number of hydrogen-bond donors (Lipinski definition) is 1. The second-order valence-electron chi connectivity index (χ2n) is 6.03. The van der Waals surface area contributed by atoms with E-state index < -0.39 is 0 Å². The topological polar surface area (TPSA) is 58.4 Å². The van der Waals surface area contributed by atoms with Crippen molar-refractivity contribution in [3.05, 3.63) is 52.9 Å². The lowest BCUT2D eigenvalue weighted by molar-refractivity contribution is -0.126. The highest BCUT2D eigenvalue weighted by atomic mass is 16.5. The first-order chi connectivity index (χ1) is 11.0. The van der Waals surface area contributed by atoms with Gasteiger partial charge < -0.3 is 9.84 Å². The third kappa shape index (κ3) is 4.66. The molecule has 1 N–H and O–H groups in total. The number of nitrogens with zero attached hydrogens (tertiary/aromatic N) is 2. The van der Waals surface area contributed by atoms with Crippen LogP contribution in [-0.4, -0.2) is 30.1 Å². The molecule has 23 heavy (non-hydrogen) atoms. The minimum Gasteiger partial charge on any atom is -0.359 e. The van der Waals surface area contributed by atoms with E-state index in [9.17, 15) is 4.79 Å². The Morgan fingerprint density at radius 2 is 2.13 bits per heavy atom. The number of nitrogens with one attached hydrogen (secondary N) is 1. The van der Waals surface area contributed by atoms with E-state index in [0.29, 0.717) is 12.3 Å². The molecule has 1 heterocycles. The number of benzene rings is 1. The molecular formula is C18H25N3O2. The van der Waals surface area contributed by atoms with Crippen molar-refractivity contribution < 1.29 is 9.32 Å². The average Bonchev–Trinajstić information content (AvgIpc) is 2.93. The van der Waals surface area contributed by atoms with Crippen molar-refractivity contribution in [1.29, 1.82) is 0 Å². The maximum Gasteiger partial charge on any atom is 0.242 e. The number of amides is 1. The van der Waals surface area contributed by atoms with Gasteiger partial charge in [0.2, 0.25) is 5.91 Å². The summed E-state index contributed by atoms with van der Waals surface area (Å²) in [7, 11) is 3.81. The summed E-state index contributed by atoms with van der Waals surface area (Å²) in [4.78, 5) is 14.5. The standard InChI is InChI=1S/C18H25N3O2/c1-5-7-15-11-16(23-20-15)12-19-18(22)17(21(3)4)14-9-6-8-13(2)10-14/h6,8-11,17H,5,7,12H2,1-4H3,(H,19,22)/t17-/m1/s1. The van der Waals surface area contributed by atoms with E-state index in [2.05, 4.69) is 17.4 Å². The third-order valence-electron chi connectivity index (χ3n) is 3.67. The average molecular weight is 315 g/mol. The molecule has 1 aromatic heterocycles. The van der Waals surface area contributed by atoms with E-state index >= 15 is 0 Å². The van der Waals surface area contributed by atoms with E-state index in [1.807, 2.05) is 56.3 Å². The molecule has 0 saturated heterocycles. The number of rotatable bonds is 7. The molecule has 1 amide bonds. The van der Waals surface area contributed by atoms with Gasteiger partial charge in [-0.1, -0.05) is 48.3 Å². The van der Waals surface area contributed by atoms with Crippen molar-refractivity contribution >= 4 is 5.91 Å². The Hall–Kier alpha value is -2.14. The van der Waals surface area contributed by atoms with Crippen LogP contribution in [0.15, 0.2) is 34.9 Å². The van der Waals surface area contributed by atoms with Crippen molar-refractivity contribution in [3.8, 4) is 0 Å². The van der Waals surface area contributed by atoms with Crippen LogP contribution in [0.1, 0.15) is 42.0 Å². The van der Waals surface area contributed by atoms with Gasteiger partial charge >= 0.3 is 0 Å². The smallest absolute Gasteiger partial charge is 0.242 e. The molecule has 0 spiro atoms. The molecule has 1 aromatic carbocycles. The monoisotopic (exact) mass is 315 g/mol. The van der Waals surface area contributed by atoms with Crippen molar-refractivity contribution in [2.24, 2.45) is 0 Å². The fraction of sp³-hybridized carbons (Fsp3) is 0.444. The molecule has 124 valence electrons. The summed E-state index contributed by atoms with van der Waals surface area (Å²) >= 11 is 0. The highest BCUT2D eigenvalue weighted by Gasteiger charge is 2.23. The van der Waals surface area contributed by atoms with E-state index in [4.69, 9.17) is 4.52 Å². The Balaban J connectivity index is 2.03. The lowest BCUT2D eigenvalue weighted by Crippen LogP contribution is -2.36. The summed E-state index contributed by atoms with van der Waals surface area (Å²) in [5.41, 5.74) is 3.05. The number of carbonyl (C=O) groups is 1. The van der Waals surface area contributed by atoms with Crippen molar-refractivity contribution in [2.45, 2.75) is 39.3 Å². The first-order valence-corrected chi connectivity index (χ1v) is 7.96. The van der Waals surface area contributed by atoms with E-state index in [-0.39, 0.29) is 11.9 Å². The van der Waals surface area contributed by atoms with Crippen LogP contribution in [0.25, 0.3) is 0 Å². The normalized spacial score (nSPS) is 12.4. The number of aromatic nitrogens is 1. The molecule has 5 nitrogen and oxygen atoms in total. The van der Waals surface area contributed by atoms with Gasteiger partial charge in [-0.25, -0.2) is 0 Å². The third-order valence-corrected chi connectivity index (χ3v) is 3.67. The van der Waals surface area contributed by atoms with Crippen LogP contribution in [0.2, 0.25) is 0 Å². The minimum atomic E-state index is -0.326. The molecule has 0 aliphatic heterocycles. The predicted octanol–water partition coefficient (Wildman–Crippen LogP) is 2.85. The first-order valence-electron chi connectivity index (χ1n) is 7.96. The summed E-state index contributed by atoms with van der Waals surface area (Å²) in [6.07, 6.45) is 1.91. The molecule has 0 aliphatic carbocycles. The van der Waals surface area contributed by atoms with Gasteiger partial charge in [-0.05, 0) is 33.0 Å². The van der Waals surface area contributed by atoms with Crippen molar-refractivity contribution in [2.75, 3.05) is 14.1 Å². The summed E-state index contributed by atoms with van der Waals surface area (Å²) in [5.74, 6) is 0.637. The van der Waals surface area contributed by atoms with Crippen LogP contribution >= 0.6 is 0 Å². The summed E-state index contributed by atoms with van der Waals surface area (Å²) in [5, 5.41) is 6.94. The molecule has 0 bridgehead atoms. The Morgan fingerprint density at radius 3 is 2.78 bits per heavy atom. The van der Waals surface area contributed by atoms with Gasteiger partial charge in [0, 0.05) is 6.07 Å². The fourth-order valence-electron chi connectivity index (χ4n) is 2.61. The van der Waals surface area contributed by atoms with Crippen LogP contribution < -0.4 is 5.32 Å². The van der Waals surface area contributed by atoms with Crippen molar-refractivity contribution in [3.63, 3.8) is 0 Å². The van der Waals surface area contributed by atoms with Crippen LogP contribution in [0.4, 0.5) is 0 Å². The Morgan fingerprint density at radius 1 is 1.35 bits per heavy atom. The number of carbonyl (C=O) groups excluding carboxylic acids is 1. The lowest BCUT2D eigenvalue weighted by atomic mass is 10.0. The fourth-order valence-corrected chi connectivity index (χ4v) is 2.61. The Labute approximate surface area is 137 Å². The lowest BCUT2D eigenvalue weighted by Gasteiger charge is -2.24. The van der Waals surface area contributed by atoms with Crippen LogP contribution in [0.3, 0.4) is 0 Å². The molecule has 0 saturated carbocycles. The molecule has 0 radical (unpaired) electrons. The number of aryl methyl sites for hydroxylation is 2. The van der Waals surface area contributed by atoms with Gasteiger partial charge in [0.25, 0.3) is 0 Å². The Kier molecular flexibility index (Phi) is 5.93. The van der Waals surface area contributed by atoms with Gasteiger partial charge in [0.05, 0.1) is 12.2 Å². The predicted molar refractivity (Wildman–Crippen MR) is 90.0 cm³/mol. The molecule has 5 heteroatoms. The van der Waals surface area contributed by atoms with Gasteiger partial charge in [-0.3, -0.25) is 9.69 Å². The van der Waals surface area contributed by atoms with Gasteiger partial charge in [0.15, 0.2) is 5.76 Å². The summed E-state index contributed by atoms with van der Waals surface area (Å²) in [6.45, 7) is 4.48. The molecule has 0 unspecified atom stereocenters. The highest BCUT2D eigenvalue weighted by molar-refractivity contribution is 5.83. The highest BCUT2D eigenvalue weighted by Crippen LogP contribution is 2.19. The zero-order chi connectivity index (χ0) is 16.8. The van der Waals surface area contributed by atoms with E-state index in [1.165, 1.54) is 0 Å². The maximum absolute atomic E-state index is 12.6. The second kappa shape index (κ2) is 7.92. The second-order valence-corrected chi connectivity index (χ2v) is 6.03. The van der Waals surface area contributed by atoms with Crippen LogP contribution in [0.5, 0.6) is 0 Å². The van der Waals surface area contributed by atoms with Crippen LogP contribution in [0, 0.1) is 6.92 Å². The SMILES string of the molecule is CCCc1cc(CNC(=O)[C@@H](c2cccc(C)c2)N(C)C)on1. The van der Waals surface area contributed by atoms with E-state index in [1.54, 1.807) is 0 Å². The molecule has 1 atom stereocenters. The number of likely N-dealkylation sites (N-methyl/N-ethyl adjacent to an activating group) is 1. The Bertz CT molecular complexity index is 649. The van der Waals surface area contributed by atoms with Gasteiger partial charge in [-0.15, -0.1) is 0 Å². The maximum atomic E-state index is 12.6. The molecule has 0 aliphatic rings. The van der Waals surface area contributed by atoms with Crippen molar-refractivity contribution in [1.82, 2.24) is 15.4 Å². The zero-order valence-electron chi connectivity index (χ0n) is 14.3. The largest absolute Gasteiger partial charge is 0.359 e. The molecule has 2 rings (SSSR count).